The van der Waals surface area contributed by atoms with Crippen LogP contribution in [0.15, 0.2) is 30.3 Å². The van der Waals surface area contributed by atoms with Crippen LogP contribution in [0.3, 0.4) is 0 Å². The molecule has 0 saturated heterocycles. The van der Waals surface area contributed by atoms with Gasteiger partial charge in [-0.3, -0.25) is 4.79 Å². The topological polar surface area (TPSA) is 26.3 Å². The van der Waals surface area contributed by atoms with Crippen molar-refractivity contribution in [2.24, 2.45) is 40.4 Å². The lowest BCUT2D eigenvalue weighted by atomic mass is 9.45. The number of Topliss-reactive ketones (excluding diaryl/α,β-unsaturated/α-hetero) is 1. The number of carbonyl (C=O) groups is 1. The Morgan fingerprint density at radius 2 is 1.80 bits per heavy atom. The Labute approximate surface area is 183 Å². The second-order valence-corrected chi connectivity index (χ2v) is 11.8. The predicted molar refractivity (Wildman–Crippen MR) is 121 cm³/mol. The SMILES string of the molecule is CC(=O)[C@@H]1CC2[C@H]3CCC4CC(OCc5ccccc5)CC[C@@]4(C)C3CC[C@@]2(C)C1. The van der Waals surface area contributed by atoms with Gasteiger partial charge in [0.1, 0.15) is 5.78 Å². The summed E-state index contributed by atoms with van der Waals surface area (Å²) in [5.41, 5.74) is 2.21. The second kappa shape index (κ2) is 7.76. The van der Waals surface area contributed by atoms with E-state index in [0.717, 1.165) is 36.7 Å². The van der Waals surface area contributed by atoms with E-state index in [1.54, 1.807) is 0 Å². The van der Waals surface area contributed by atoms with Crippen molar-refractivity contribution >= 4 is 5.78 Å². The van der Waals surface area contributed by atoms with Crippen LogP contribution in [0.25, 0.3) is 0 Å². The van der Waals surface area contributed by atoms with Gasteiger partial charge in [0.15, 0.2) is 0 Å². The van der Waals surface area contributed by atoms with Gasteiger partial charge in [-0.2, -0.15) is 0 Å². The summed E-state index contributed by atoms with van der Waals surface area (Å²) >= 11 is 0. The first-order valence-corrected chi connectivity index (χ1v) is 12.5. The van der Waals surface area contributed by atoms with E-state index in [1.165, 1.54) is 56.9 Å². The third-order valence-corrected chi connectivity index (χ3v) is 10.3. The fourth-order valence-corrected chi connectivity index (χ4v) is 8.53. The molecule has 0 aliphatic heterocycles. The summed E-state index contributed by atoms with van der Waals surface area (Å²) in [4.78, 5) is 12.2. The van der Waals surface area contributed by atoms with Gasteiger partial charge >= 0.3 is 0 Å². The summed E-state index contributed by atoms with van der Waals surface area (Å²) < 4.78 is 6.39. The zero-order valence-electron chi connectivity index (χ0n) is 19.2. The minimum absolute atomic E-state index is 0.339. The van der Waals surface area contributed by atoms with Crippen molar-refractivity contribution in [2.45, 2.75) is 91.3 Å². The minimum Gasteiger partial charge on any atom is -0.374 e. The second-order valence-electron chi connectivity index (χ2n) is 11.8. The molecule has 0 radical (unpaired) electrons. The van der Waals surface area contributed by atoms with Gasteiger partial charge in [-0.05, 0) is 105 Å². The Bertz CT molecular complexity index is 772. The Morgan fingerprint density at radius 1 is 1.00 bits per heavy atom. The van der Waals surface area contributed by atoms with E-state index in [1.807, 2.05) is 6.92 Å². The van der Waals surface area contributed by atoms with Gasteiger partial charge in [0.2, 0.25) is 0 Å². The van der Waals surface area contributed by atoms with Crippen molar-refractivity contribution in [3.63, 3.8) is 0 Å². The molecule has 0 spiro atoms. The summed E-state index contributed by atoms with van der Waals surface area (Å²) in [6.07, 6.45) is 12.1. The van der Waals surface area contributed by atoms with Gasteiger partial charge in [-0.25, -0.2) is 0 Å². The third kappa shape index (κ3) is 3.48. The highest BCUT2D eigenvalue weighted by atomic mass is 16.5. The first-order valence-electron chi connectivity index (χ1n) is 12.5. The smallest absolute Gasteiger partial charge is 0.132 e. The van der Waals surface area contributed by atoms with Crippen molar-refractivity contribution in [1.82, 2.24) is 0 Å². The maximum Gasteiger partial charge on any atom is 0.132 e. The largest absolute Gasteiger partial charge is 0.374 e. The Balaban J connectivity index is 1.26. The molecule has 30 heavy (non-hydrogen) atoms. The van der Waals surface area contributed by atoms with Crippen LogP contribution in [0.1, 0.15) is 84.1 Å². The first-order chi connectivity index (χ1) is 14.4. The number of ketones is 1. The van der Waals surface area contributed by atoms with Crippen LogP contribution in [0, 0.1) is 40.4 Å². The third-order valence-electron chi connectivity index (χ3n) is 10.3. The van der Waals surface area contributed by atoms with Crippen LogP contribution < -0.4 is 0 Å². The van der Waals surface area contributed by atoms with E-state index in [4.69, 9.17) is 4.74 Å². The van der Waals surface area contributed by atoms with Crippen LogP contribution in [0.4, 0.5) is 0 Å². The van der Waals surface area contributed by atoms with Crippen molar-refractivity contribution in [3.8, 4) is 0 Å². The molecule has 0 aromatic heterocycles. The van der Waals surface area contributed by atoms with Gasteiger partial charge in [0, 0.05) is 5.92 Å². The number of carbonyl (C=O) groups excluding carboxylic acids is 1. The Morgan fingerprint density at radius 3 is 2.57 bits per heavy atom. The van der Waals surface area contributed by atoms with Gasteiger partial charge in [0.25, 0.3) is 0 Å². The Hall–Kier alpha value is -1.15. The van der Waals surface area contributed by atoms with Crippen LogP contribution >= 0.6 is 0 Å². The molecule has 8 atom stereocenters. The summed E-state index contributed by atoms with van der Waals surface area (Å²) in [5, 5.41) is 0. The molecule has 2 nitrogen and oxygen atoms in total. The lowest BCUT2D eigenvalue weighted by molar-refractivity contribution is -0.131. The molecular weight excluding hydrogens is 368 g/mol. The van der Waals surface area contributed by atoms with E-state index in [-0.39, 0.29) is 0 Å². The molecule has 0 bridgehead atoms. The normalized spacial score (nSPS) is 45.3. The van der Waals surface area contributed by atoms with Gasteiger partial charge in [0.05, 0.1) is 12.7 Å². The summed E-state index contributed by atoms with van der Waals surface area (Å²) in [7, 11) is 0. The number of fused-ring (bicyclic) bond motifs is 5. The number of hydrogen-bond donors (Lipinski definition) is 0. The molecule has 5 rings (SSSR count). The molecule has 4 unspecified atom stereocenters. The Kier molecular flexibility index (Phi) is 5.37. The first kappa shape index (κ1) is 20.7. The van der Waals surface area contributed by atoms with Crippen molar-refractivity contribution in [2.75, 3.05) is 0 Å². The minimum atomic E-state index is 0.339. The van der Waals surface area contributed by atoms with Crippen LogP contribution in [0.5, 0.6) is 0 Å². The van der Waals surface area contributed by atoms with Crippen molar-refractivity contribution < 1.29 is 9.53 Å². The number of rotatable bonds is 4. The van der Waals surface area contributed by atoms with E-state index in [2.05, 4.69) is 44.2 Å². The molecule has 0 N–H and O–H groups in total. The highest BCUT2D eigenvalue weighted by molar-refractivity contribution is 5.78. The maximum atomic E-state index is 12.2. The lowest BCUT2D eigenvalue weighted by Gasteiger charge is -2.60. The van der Waals surface area contributed by atoms with Crippen LogP contribution in [-0.2, 0) is 16.1 Å². The molecule has 4 fully saturated rings. The number of ether oxygens (including phenoxy) is 1. The van der Waals surface area contributed by atoms with E-state index >= 15 is 0 Å². The standard InChI is InChI=1S/C28H40O2/c1-19(29)21-15-26-24-10-9-22-16-23(30-18-20-7-5-4-6-8-20)11-14-28(22,3)25(24)12-13-27(26,2)17-21/h4-8,21-26H,9-18H2,1-3H3/t21-,22?,23?,24+,25?,26?,27+,28-/m1/s1. The fourth-order valence-electron chi connectivity index (χ4n) is 8.53. The number of hydrogen-bond acceptors (Lipinski definition) is 2. The quantitative estimate of drug-likeness (QED) is 0.546. The lowest BCUT2D eigenvalue weighted by Crippen LogP contribution is -2.53. The van der Waals surface area contributed by atoms with E-state index in [0.29, 0.717) is 28.6 Å². The monoisotopic (exact) mass is 408 g/mol. The average molecular weight is 409 g/mol. The molecule has 164 valence electrons. The molecule has 0 amide bonds. The molecule has 1 aromatic rings. The molecule has 4 aliphatic carbocycles. The molecule has 4 aliphatic rings. The van der Waals surface area contributed by atoms with Crippen LogP contribution in [0.2, 0.25) is 0 Å². The predicted octanol–water partition coefficient (Wildman–Crippen LogP) is 6.82. The van der Waals surface area contributed by atoms with Gasteiger partial charge in [-0.15, -0.1) is 0 Å². The summed E-state index contributed by atoms with van der Waals surface area (Å²) in [6.45, 7) is 7.73. The highest BCUT2D eigenvalue weighted by Crippen LogP contribution is 2.67. The summed E-state index contributed by atoms with van der Waals surface area (Å²) in [6, 6.07) is 10.6. The van der Waals surface area contributed by atoms with E-state index in [9.17, 15) is 4.79 Å². The fraction of sp³-hybridized carbons (Fsp3) is 0.750. The van der Waals surface area contributed by atoms with E-state index < -0.39 is 0 Å². The van der Waals surface area contributed by atoms with Crippen molar-refractivity contribution in [1.29, 1.82) is 0 Å². The maximum absolute atomic E-state index is 12.2. The molecule has 4 saturated carbocycles. The molecule has 2 heteroatoms. The molecule has 0 heterocycles. The molecular formula is C28H40O2. The van der Waals surface area contributed by atoms with Crippen molar-refractivity contribution in [3.05, 3.63) is 35.9 Å². The average Bonchev–Trinajstić information content (AvgIpc) is 3.11. The zero-order valence-corrected chi connectivity index (χ0v) is 19.2. The highest BCUT2D eigenvalue weighted by Gasteiger charge is 2.59. The number of benzene rings is 1. The van der Waals surface area contributed by atoms with Crippen LogP contribution in [-0.4, -0.2) is 11.9 Å². The zero-order chi connectivity index (χ0) is 20.9. The molecule has 1 aromatic carbocycles. The van der Waals surface area contributed by atoms with Gasteiger partial charge < -0.3 is 4.74 Å². The summed E-state index contributed by atoms with van der Waals surface area (Å²) in [5.74, 6) is 4.12. The van der Waals surface area contributed by atoms with Gasteiger partial charge in [-0.1, -0.05) is 44.2 Å².